The maximum absolute atomic E-state index is 14.6. The molecule has 2 heterocycles. The molecule has 1 aromatic heterocycles. The van der Waals surface area contributed by atoms with Crippen LogP contribution in [0.1, 0.15) is 55.7 Å². The standard InChI is InChI=1S/C31H33Cl2N3O5S/c1-31(17-28(37)38)16-26(22-5-3-6-24(33)15-22)29(21-10-12-23(32)13-11-21)36(30(31)39)27(20-8-9-20)19-35(42(2,40)41)25-7-4-14-34-18-25/h3-7,10-15,18,20,26-27,29H,8-9,16-17,19H2,1-2H3,(H,37,38)/t26-,27?,29-,31-/m1/s1. The minimum absolute atomic E-state index is 0.0104. The Balaban J connectivity index is 1.70. The van der Waals surface area contributed by atoms with Crippen LogP contribution in [0.5, 0.6) is 0 Å². The molecule has 3 aromatic rings. The normalized spacial score (nSPS) is 23.4. The number of aromatic nitrogens is 1. The topological polar surface area (TPSA) is 108 Å². The van der Waals surface area contributed by atoms with E-state index < -0.39 is 33.5 Å². The maximum Gasteiger partial charge on any atom is 0.304 e. The van der Waals surface area contributed by atoms with Gasteiger partial charge in [-0.05, 0) is 72.7 Å². The van der Waals surface area contributed by atoms with Crippen LogP contribution >= 0.6 is 23.2 Å². The zero-order valence-electron chi connectivity index (χ0n) is 23.4. The van der Waals surface area contributed by atoms with Crippen molar-refractivity contribution in [3.63, 3.8) is 0 Å². The second-order valence-corrected chi connectivity index (χ2v) is 14.4. The van der Waals surface area contributed by atoms with Crippen LogP contribution in [0.15, 0.2) is 73.1 Å². The molecule has 0 radical (unpaired) electrons. The molecule has 1 N–H and O–H groups in total. The van der Waals surface area contributed by atoms with Crippen molar-refractivity contribution in [1.82, 2.24) is 9.88 Å². The predicted molar refractivity (Wildman–Crippen MR) is 163 cm³/mol. The number of carboxylic acid groups (broad SMARTS) is 1. The van der Waals surface area contributed by atoms with Gasteiger partial charge in [0.25, 0.3) is 0 Å². The van der Waals surface area contributed by atoms with E-state index in [0.29, 0.717) is 15.7 Å². The Bertz CT molecular complexity index is 1570. The lowest BCUT2D eigenvalue weighted by Gasteiger charge is -2.52. The quantitative estimate of drug-likeness (QED) is 0.287. The van der Waals surface area contributed by atoms with E-state index in [2.05, 4.69) is 4.98 Å². The third-order valence-corrected chi connectivity index (χ3v) is 9.99. The number of benzene rings is 2. The second kappa shape index (κ2) is 11.9. The highest BCUT2D eigenvalue weighted by atomic mass is 35.5. The summed E-state index contributed by atoms with van der Waals surface area (Å²) in [6.45, 7) is 1.71. The number of pyridine rings is 1. The molecule has 42 heavy (non-hydrogen) atoms. The van der Waals surface area contributed by atoms with E-state index >= 15 is 0 Å². The molecule has 1 aliphatic heterocycles. The summed E-state index contributed by atoms with van der Waals surface area (Å²) in [6.07, 6.45) is 5.76. The molecule has 11 heteroatoms. The Labute approximate surface area is 256 Å². The number of anilines is 1. The van der Waals surface area contributed by atoms with Gasteiger partial charge in [0.1, 0.15) is 0 Å². The fourth-order valence-electron chi connectivity index (χ4n) is 6.29. The summed E-state index contributed by atoms with van der Waals surface area (Å²) in [7, 11) is -3.76. The molecule has 1 unspecified atom stereocenters. The van der Waals surface area contributed by atoms with Crippen molar-refractivity contribution in [3.05, 3.63) is 94.2 Å². The van der Waals surface area contributed by atoms with E-state index in [4.69, 9.17) is 23.2 Å². The van der Waals surface area contributed by atoms with Crippen molar-refractivity contribution in [2.75, 3.05) is 17.1 Å². The van der Waals surface area contributed by atoms with Gasteiger partial charge in [0.15, 0.2) is 0 Å². The van der Waals surface area contributed by atoms with Gasteiger partial charge < -0.3 is 10.0 Å². The number of carbonyl (C=O) groups excluding carboxylic acids is 1. The number of hydrogen-bond donors (Lipinski definition) is 1. The Hall–Kier alpha value is -3.14. The average molecular weight is 631 g/mol. The summed E-state index contributed by atoms with van der Waals surface area (Å²) >= 11 is 12.7. The van der Waals surface area contributed by atoms with Gasteiger partial charge in [0.2, 0.25) is 15.9 Å². The Morgan fingerprint density at radius 2 is 1.81 bits per heavy atom. The molecule has 5 rings (SSSR count). The average Bonchev–Trinajstić information content (AvgIpc) is 3.76. The molecule has 1 saturated carbocycles. The molecule has 2 fully saturated rings. The summed E-state index contributed by atoms with van der Waals surface area (Å²) in [4.78, 5) is 32.7. The van der Waals surface area contributed by atoms with Crippen LogP contribution in [0.3, 0.4) is 0 Å². The monoisotopic (exact) mass is 629 g/mol. The number of likely N-dealkylation sites (tertiary alicyclic amines) is 1. The summed E-state index contributed by atoms with van der Waals surface area (Å²) < 4.78 is 27.6. The van der Waals surface area contributed by atoms with Crippen LogP contribution < -0.4 is 4.31 Å². The number of aliphatic carboxylic acids is 1. The van der Waals surface area contributed by atoms with Crippen molar-refractivity contribution < 1.29 is 23.1 Å². The molecule has 1 amide bonds. The number of amides is 1. The van der Waals surface area contributed by atoms with Crippen LogP contribution in [0.2, 0.25) is 10.0 Å². The predicted octanol–water partition coefficient (Wildman–Crippen LogP) is 6.17. The second-order valence-electron chi connectivity index (χ2n) is 11.6. The largest absolute Gasteiger partial charge is 0.481 e. The highest BCUT2D eigenvalue weighted by Gasteiger charge is 2.55. The number of carboxylic acids is 1. The van der Waals surface area contributed by atoms with Gasteiger partial charge >= 0.3 is 5.97 Å². The Kier molecular flexibility index (Phi) is 8.56. The number of sulfonamides is 1. The summed E-state index contributed by atoms with van der Waals surface area (Å²) in [5, 5.41) is 11.0. The van der Waals surface area contributed by atoms with Crippen molar-refractivity contribution in [2.24, 2.45) is 11.3 Å². The number of carbonyl (C=O) groups is 2. The molecule has 1 saturated heterocycles. The summed E-state index contributed by atoms with van der Waals surface area (Å²) in [5.74, 6) is -1.66. The van der Waals surface area contributed by atoms with Gasteiger partial charge in [0, 0.05) is 22.2 Å². The number of piperidine rings is 1. The lowest BCUT2D eigenvalue weighted by Crippen LogP contribution is -2.59. The van der Waals surface area contributed by atoms with E-state index in [-0.39, 0.29) is 37.1 Å². The van der Waals surface area contributed by atoms with Gasteiger partial charge in [-0.3, -0.25) is 18.9 Å². The van der Waals surface area contributed by atoms with Crippen LogP contribution in [0, 0.1) is 11.3 Å². The van der Waals surface area contributed by atoms with Gasteiger partial charge in [-0.2, -0.15) is 0 Å². The van der Waals surface area contributed by atoms with Crippen LogP contribution in [-0.2, 0) is 19.6 Å². The van der Waals surface area contributed by atoms with Gasteiger partial charge in [-0.25, -0.2) is 8.42 Å². The van der Waals surface area contributed by atoms with Crippen molar-refractivity contribution in [1.29, 1.82) is 0 Å². The molecule has 0 bridgehead atoms. The number of halogens is 2. The number of hydrogen-bond acceptors (Lipinski definition) is 5. The van der Waals surface area contributed by atoms with Crippen LogP contribution in [0.25, 0.3) is 0 Å². The molecule has 0 spiro atoms. The zero-order chi connectivity index (χ0) is 30.2. The molecular weight excluding hydrogens is 597 g/mol. The first-order valence-electron chi connectivity index (χ1n) is 13.8. The Morgan fingerprint density at radius 3 is 2.38 bits per heavy atom. The minimum Gasteiger partial charge on any atom is -0.481 e. The van der Waals surface area contributed by atoms with Crippen molar-refractivity contribution >= 4 is 50.8 Å². The fraction of sp³-hybridized carbons (Fsp3) is 0.387. The van der Waals surface area contributed by atoms with Gasteiger partial charge in [-0.15, -0.1) is 0 Å². The van der Waals surface area contributed by atoms with E-state index in [9.17, 15) is 23.1 Å². The smallest absolute Gasteiger partial charge is 0.304 e. The first-order valence-corrected chi connectivity index (χ1v) is 16.4. The van der Waals surface area contributed by atoms with Crippen LogP contribution in [0.4, 0.5) is 5.69 Å². The highest BCUT2D eigenvalue weighted by Crippen LogP contribution is 2.54. The zero-order valence-corrected chi connectivity index (χ0v) is 25.7. The van der Waals surface area contributed by atoms with E-state index in [1.54, 1.807) is 48.4 Å². The van der Waals surface area contributed by atoms with Crippen molar-refractivity contribution in [2.45, 2.75) is 50.6 Å². The molecule has 1 aliphatic carbocycles. The Morgan fingerprint density at radius 1 is 1.10 bits per heavy atom. The lowest BCUT2D eigenvalue weighted by atomic mass is 9.67. The number of rotatable bonds is 10. The molecular formula is C31H33Cl2N3O5S. The van der Waals surface area contributed by atoms with Crippen LogP contribution in [-0.4, -0.2) is 54.1 Å². The SMILES string of the molecule is C[C@]1(CC(=O)O)C[C@H](c2cccc(Cl)c2)[C@@H](c2ccc(Cl)cc2)N(C(CN(c2cccnc2)S(C)(=O)=O)C2CC2)C1=O. The van der Waals surface area contributed by atoms with Gasteiger partial charge in [0.05, 0.1) is 48.6 Å². The van der Waals surface area contributed by atoms with Gasteiger partial charge in [-0.1, -0.05) is 54.4 Å². The van der Waals surface area contributed by atoms with E-state index in [1.165, 1.54) is 10.5 Å². The molecule has 2 aliphatic rings. The first-order chi connectivity index (χ1) is 19.9. The number of nitrogens with zero attached hydrogens (tertiary/aromatic N) is 3. The van der Waals surface area contributed by atoms with E-state index in [0.717, 1.165) is 30.2 Å². The third kappa shape index (κ3) is 6.43. The highest BCUT2D eigenvalue weighted by molar-refractivity contribution is 7.92. The first kappa shape index (κ1) is 30.3. The lowest BCUT2D eigenvalue weighted by molar-refractivity contribution is -0.160. The molecule has 222 valence electrons. The van der Waals surface area contributed by atoms with Crippen molar-refractivity contribution in [3.8, 4) is 0 Å². The summed E-state index contributed by atoms with van der Waals surface area (Å²) in [5.41, 5.74) is 0.864. The third-order valence-electron chi connectivity index (χ3n) is 8.34. The fourth-order valence-corrected chi connectivity index (χ4v) is 7.53. The van der Waals surface area contributed by atoms with E-state index in [1.807, 2.05) is 30.3 Å². The summed E-state index contributed by atoms with van der Waals surface area (Å²) in [6, 6.07) is 17.0. The maximum atomic E-state index is 14.6. The molecule has 4 atom stereocenters. The molecule has 8 nitrogen and oxygen atoms in total. The minimum atomic E-state index is -3.76. The molecule has 2 aromatic carbocycles.